The van der Waals surface area contributed by atoms with Crippen LogP contribution in [0.3, 0.4) is 0 Å². The Morgan fingerprint density at radius 2 is 2.00 bits per heavy atom. The first kappa shape index (κ1) is 15.0. The van der Waals surface area contributed by atoms with Crippen molar-refractivity contribution in [2.24, 2.45) is 22.4 Å². The fourth-order valence-corrected chi connectivity index (χ4v) is 3.86. The maximum Gasteiger partial charge on any atom is 0.211 e. The van der Waals surface area contributed by atoms with E-state index in [1.54, 1.807) is 25.1 Å². The molecule has 5 heteroatoms. The van der Waals surface area contributed by atoms with Gasteiger partial charge in [-0.3, -0.25) is 0 Å². The molecule has 3 unspecified atom stereocenters. The molecule has 2 fully saturated rings. The molecule has 0 bridgehead atoms. The second-order valence-corrected chi connectivity index (χ2v) is 7.24. The highest BCUT2D eigenvalue weighted by Crippen LogP contribution is 2.66. The molecule has 1 aromatic carbocycles. The quantitative estimate of drug-likeness (QED) is 0.299. The van der Waals surface area contributed by atoms with Gasteiger partial charge in [0.15, 0.2) is 6.21 Å². The number of benzene rings is 1. The number of halogens is 1. The predicted molar refractivity (Wildman–Crippen MR) is 82.8 cm³/mol. The summed E-state index contributed by atoms with van der Waals surface area (Å²) in [7, 11) is 0. The molecule has 22 heavy (non-hydrogen) atoms. The first-order chi connectivity index (χ1) is 10.3. The Morgan fingerprint density at radius 1 is 1.32 bits per heavy atom. The van der Waals surface area contributed by atoms with Gasteiger partial charge in [-0.2, -0.15) is 0 Å². The van der Waals surface area contributed by atoms with Crippen LogP contribution in [0, 0.1) is 28.3 Å². The van der Waals surface area contributed by atoms with E-state index in [0.717, 1.165) is 4.74 Å². The minimum atomic E-state index is -0.925. The summed E-state index contributed by atoms with van der Waals surface area (Å²) in [4.78, 5) is 0. The lowest BCUT2D eigenvalue weighted by Crippen LogP contribution is -2.48. The Hall–Kier alpha value is -1.91. The molecule has 2 aliphatic rings. The van der Waals surface area contributed by atoms with Crippen molar-refractivity contribution in [2.45, 2.75) is 39.2 Å². The van der Waals surface area contributed by atoms with Crippen molar-refractivity contribution >= 4 is 11.9 Å². The summed E-state index contributed by atoms with van der Waals surface area (Å²) in [6.45, 7) is 6.13. The molecular formula is C17H21FN2O2. The predicted octanol–water partition coefficient (Wildman–Crippen LogP) is 3.41. The van der Waals surface area contributed by atoms with Crippen molar-refractivity contribution in [3.8, 4) is 0 Å². The van der Waals surface area contributed by atoms with Crippen LogP contribution in [-0.4, -0.2) is 27.4 Å². The third-order valence-electron chi connectivity index (χ3n) is 5.71. The van der Waals surface area contributed by atoms with Gasteiger partial charge in [-0.25, -0.2) is 9.13 Å². The molecule has 4 nitrogen and oxygen atoms in total. The number of oxime groups is 1. The second-order valence-electron chi connectivity index (χ2n) is 7.24. The van der Waals surface area contributed by atoms with Crippen LogP contribution in [0.15, 0.2) is 29.4 Å². The molecule has 0 radical (unpaired) electrons. The van der Waals surface area contributed by atoms with Crippen LogP contribution < -0.4 is 0 Å². The lowest BCUT2D eigenvalue weighted by atomic mass is 9.81. The number of rotatable bonds is 2. The maximum atomic E-state index is 13.8. The van der Waals surface area contributed by atoms with Gasteiger partial charge in [0, 0.05) is 13.3 Å². The van der Waals surface area contributed by atoms with Crippen molar-refractivity contribution in [1.29, 1.82) is 0 Å². The van der Waals surface area contributed by atoms with Crippen molar-refractivity contribution < 1.29 is 14.3 Å². The van der Waals surface area contributed by atoms with Gasteiger partial charge in [0.2, 0.25) is 5.54 Å². The third kappa shape index (κ3) is 2.11. The highest BCUT2D eigenvalue weighted by Gasteiger charge is 2.66. The summed E-state index contributed by atoms with van der Waals surface area (Å²) in [6, 6.07) is 6.16. The van der Waals surface area contributed by atoms with Crippen LogP contribution in [0.2, 0.25) is 0 Å². The number of nitrogens with zero attached hydrogens (tertiary/aromatic N) is 2. The van der Waals surface area contributed by atoms with Gasteiger partial charge in [-0.15, -0.1) is 0 Å². The second kappa shape index (κ2) is 4.80. The summed E-state index contributed by atoms with van der Waals surface area (Å²) in [5.41, 5.74) is -0.0199. The Labute approximate surface area is 129 Å². The van der Waals surface area contributed by atoms with Crippen LogP contribution in [0.25, 0.3) is 0 Å². The molecule has 0 aliphatic heterocycles. The maximum absolute atomic E-state index is 13.8. The Morgan fingerprint density at radius 3 is 2.64 bits per heavy atom. The summed E-state index contributed by atoms with van der Waals surface area (Å²) in [5.74, 6) is 0.469. The molecule has 0 aromatic heterocycles. The molecule has 0 saturated heterocycles. The highest BCUT2D eigenvalue weighted by atomic mass is 19.1. The molecule has 0 amide bonds. The van der Waals surface area contributed by atoms with E-state index in [-0.39, 0.29) is 11.0 Å². The molecule has 2 saturated carbocycles. The number of hydrogen-bond acceptors (Lipinski definition) is 3. The van der Waals surface area contributed by atoms with Gasteiger partial charge in [0.05, 0.1) is 5.56 Å². The molecule has 2 aliphatic carbocycles. The zero-order chi connectivity index (χ0) is 16.1. The van der Waals surface area contributed by atoms with E-state index in [1.807, 2.05) is 0 Å². The zero-order valence-electron chi connectivity index (χ0n) is 13.1. The van der Waals surface area contributed by atoms with E-state index in [2.05, 4.69) is 19.0 Å². The van der Waals surface area contributed by atoms with Crippen LogP contribution in [0.4, 0.5) is 4.39 Å². The van der Waals surface area contributed by atoms with Crippen LogP contribution in [0.1, 0.15) is 39.2 Å². The number of hydrogen-bond donors (Lipinski definition) is 1. The summed E-state index contributed by atoms with van der Waals surface area (Å²) >= 11 is 0. The van der Waals surface area contributed by atoms with Crippen molar-refractivity contribution in [3.05, 3.63) is 40.9 Å². The fourth-order valence-electron chi connectivity index (χ4n) is 3.86. The minimum absolute atomic E-state index is 0.173. The van der Waals surface area contributed by atoms with Crippen molar-refractivity contribution in [3.63, 3.8) is 0 Å². The Bertz CT molecular complexity index is 668. The van der Waals surface area contributed by atoms with E-state index in [9.17, 15) is 14.8 Å². The molecular weight excluding hydrogens is 283 g/mol. The van der Waals surface area contributed by atoms with Gasteiger partial charge >= 0.3 is 0 Å². The summed E-state index contributed by atoms with van der Waals surface area (Å²) in [5, 5.41) is 25.4. The van der Waals surface area contributed by atoms with Gasteiger partial charge in [0.1, 0.15) is 11.5 Å². The zero-order valence-corrected chi connectivity index (χ0v) is 13.1. The monoisotopic (exact) mass is 304 g/mol. The largest absolute Gasteiger partial charge is 0.623 e. The SMILES string of the molecule is CC1(C)C2C/C(=N\O)C(C)(/[N+]([O-])=C/c3ccccc3F)CC21. The van der Waals surface area contributed by atoms with E-state index >= 15 is 0 Å². The highest BCUT2D eigenvalue weighted by molar-refractivity contribution is 5.94. The molecule has 0 spiro atoms. The van der Waals surface area contributed by atoms with Crippen LogP contribution in [-0.2, 0) is 0 Å². The lowest BCUT2D eigenvalue weighted by Gasteiger charge is -2.31. The molecule has 1 aromatic rings. The van der Waals surface area contributed by atoms with E-state index in [0.29, 0.717) is 30.4 Å². The lowest BCUT2D eigenvalue weighted by molar-refractivity contribution is -0.521. The summed E-state index contributed by atoms with van der Waals surface area (Å²) in [6.07, 6.45) is 2.50. The average molecular weight is 304 g/mol. The average Bonchev–Trinajstić information content (AvgIpc) is 3.00. The molecule has 3 atom stereocenters. The van der Waals surface area contributed by atoms with E-state index in [1.165, 1.54) is 12.3 Å². The number of hydroxylamine groups is 1. The van der Waals surface area contributed by atoms with Crippen molar-refractivity contribution in [1.82, 2.24) is 0 Å². The summed E-state index contributed by atoms with van der Waals surface area (Å²) < 4.78 is 14.5. The molecule has 1 N–H and O–H groups in total. The number of fused-ring (bicyclic) bond motifs is 1. The first-order valence-corrected chi connectivity index (χ1v) is 7.58. The molecule has 118 valence electrons. The Balaban J connectivity index is 1.96. The Kier molecular flexibility index (Phi) is 3.27. The van der Waals surface area contributed by atoms with E-state index < -0.39 is 11.4 Å². The molecule has 3 rings (SSSR count). The fraction of sp³-hybridized carbons (Fsp3) is 0.529. The normalized spacial score (nSPS) is 35.3. The van der Waals surface area contributed by atoms with Gasteiger partial charge in [-0.05, 0) is 35.8 Å². The minimum Gasteiger partial charge on any atom is -0.623 e. The topological polar surface area (TPSA) is 58.7 Å². The van der Waals surface area contributed by atoms with Gasteiger partial charge in [-0.1, -0.05) is 31.1 Å². The molecule has 0 heterocycles. The first-order valence-electron chi connectivity index (χ1n) is 7.58. The third-order valence-corrected chi connectivity index (χ3v) is 5.71. The van der Waals surface area contributed by atoms with Gasteiger partial charge in [0.25, 0.3) is 0 Å². The van der Waals surface area contributed by atoms with Gasteiger partial charge < -0.3 is 10.4 Å². The standard InChI is InChI=1S/C17H21FN2O2/c1-16(2)12-8-15(19-21)17(3,9-13(12)16)20(22)10-11-6-4-5-7-14(11)18/h4-7,10,12-13,21H,8-9H2,1-3H3/b19-15+,20-10-. The van der Waals surface area contributed by atoms with Crippen molar-refractivity contribution in [2.75, 3.05) is 0 Å². The smallest absolute Gasteiger partial charge is 0.211 e. The van der Waals surface area contributed by atoms with Crippen LogP contribution >= 0.6 is 0 Å². The van der Waals surface area contributed by atoms with Crippen LogP contribution in [0.5, 0.6) is 0 Å². The van der Waals surface area contributed by atoms with E-state index in [4.69, 9.17) is 0 Å².